The van der Waals surface area contributed by atoms with E-state index < -0.39 is 10.0 Å². The number of aryl methyl sites for hydroxylation is 4. The first-order chi connectivity index (χ1) is 15.1. The third-order valence-corrected chi connectivity index (χ3v) is 8.16. The van der Waals surface area contributed by atoms with Crippen molar-refractivity contribution in [2.75, 3.05) is 26.2 Å². The molecule has 0 aliphatic carbocycles. The fourth-order valence-corrected chi connectivity index (χ4v) is 6.13. The Labute approximate surface area is 188 Å². The fourth-order valence-electron chi connectivity index (χ4n) is 4.42. The van der Waals surface area contributed by atoms with Crippen LogP contribution in [0.3, 0.4) is 0 Å². The number of nitrogens with zero attached hydrogens (tertiary/aromatic N) is 4. The summed E-state index contributed by atoms with van der Waals surface area (Å²) in [6.45, 7) is 10.3. The number of piperazine rings is 1. The molecule has 1 amide bonds. The molecule has 1 aliphatic heterocycles. The topological polar surface area (TPSA) is 88.7 Å². The summed E-state index contributed by atoms with van der Waals surface area (Å²) in [7, 11) is -3.71. The van der Waals surface area contributed by atoms with Crippen molar-refractivity contribution in [2.24, 2.45) is 0 Å². The van der Waals surface area contributed by atoms with Crippen LogP contribution in [0.2, 0.25) is 0 Å². The molecule has 32 heavy (non-hydrogen) atoms. The first-order valence-electron chi connectivity index (χ1n) is 10.6. The van der Waals surface area contributed by atoms with Gasteiger partial charge in [0.25, 0.3) is 5.91 Å². The van der Waals surface area contributed by atoms with E-state index in [4.69, 9.17) is 4.52 Å². The summed E-state index contributed by atoms with van der Waals surface area (Å²) in [5.41, 5.74) is 5.03. The highest BCUT2D eigenvalue weighted by molar-refractivity contribution is 7.89. The lowest BCUT2D eigenvalue weighted by Gasteiger charge is -2.34. The van der Waals surface area contributed by atoms with Crippen LogP contribution in [0, 0.1) is 34.6 Å². The average Bonchev–Trinajstić information content (AvgIpc) is 3.25. The lowest BCUT2D eigenvalue weighted by atomic mass is 10.2. The highest BCUT2D eigenvalue weighted by Crippen LogP contribution is 2.26. The van der Waals surface area contributed by atoms with Crippen LogP contribution in [0.1, 0.15) is 38.8 Å². The van der Waals surface area contributed by atoms with Gasteiger partial charge >= 0.3 is 0 Å². The molecule has 8 nitrogen and oxygen atoms in total. The van der Waals surface area contributed by atoms with Gasteiger partial charge in [-0.3, -0.25) is 4.79 Å². The van der Waals surface area contributed by atoms with Gasteiger partial charge in [0.05, 0.1) is 5.56 Å². The van der Waals surface area contributed by atoms with Crippen molar-refractivity contribution in [3.05, 3.63) is 64.3 Å². The van der Waals surface area contributed by atoms with Crippen LogP contribution in [0.4, 0.5) is 0 Å². The summed E-state index contributed by atoms with van der Waals surface area (Å²) in [5, 5.41) is 3.76. The van der Waals surface area contributed by atoms with E-state index in [-0.39, 0.29) is 29.7 Å². The molecule has 170 valence electrons. The van der Waals surface area contributed by atoms with Gasteiger partial charge in [0.2, 0.25) is 10.0 Å². The van der Waals surface area contributed by atoms with Gasteiger partial charge in [0.15, 0.2) is 5.76 Å². The second kappa shape index (κ2) is 8.22. The summed E-state index contributed by atoms with van der Waals surface area (Å²) in [4.78, 5) is 15.1. The number of aromatic nitrogens is 2. The minimum absolute atomic E-state index is 0.0774. The molecular weight excluding hydrogens is 428 g/mol. The van der Waals surface area contributed by atoms with Gasteiger partial charge in [-0.15, -0.1) is 0 Å². The molecule has 4 rings (SSSR count). The number of benzene rings is 1. The molecule has 1 fully saturated rings. The van der Waals surface area contributed by atoms with Crippen molar-refractivity contribution < 1.29 is 17.7 Å². The van der Waals surface area contributed by atoms with E-state index >= 15 is 0 Å². The first-order valence-corrected chi connectivity index (χ1v) is 12.0. The second-order valence-electron chi connectivity index (χ2n) is 8.31. The van der Waals surface area contributed by atoms with Gasteiger partial charge in [-0.2, -0.15) is 4.31 Å². The van der Waals surface area contributed by atoms with E-state index in [1.807, 2.05) is 45.0 Å². The zero-order valence-corrected chi connectivity index (χ0v) is 19.9. The van der Waals surface area contributed by atoms with Crippen LogP contribution in [0.25, 0.3) is 5.69 Å². The molecule has 3 aromatic rings. The van der Waals surface area contributed by atoms with Crippen molar-refractivity contribution in [2.45, 2.75) is 39.5 Å². The van der Waals surface area contributed by atoms with Crippen LogP contribution < -0.4 is 0 Å². The Morgan fingerprint density at radius 1 is 1.00 bits per heavy atom. The predicted molar refractivity (Wildman–Crippen MR) is 121 cm³/mol. The maximum Gasteiger partial charge on any atom is 0.255 e. The Balaban J connectivity index is 1.53. The summed E-state index contributed by atoms with van der Waals surface area (Å²) in [6, 6.07) is 10.1. The number of amides is 1. The number of hydrogen-bond donors (Lipinski definition) is 0. The summed E-state index contributed by atoms with van der Waals surface area (Å²) < 4.78 is 34.6. The molecule has 0 unspecified atom stereocenters. The molecule has 1 aromatic carbocycles. The monoisotopic (exact) mass is 456 g/mol. The highest BCUT2D eigenvalue weighted by atomic mass is 32.2. The van der Waals surface area contributed by atoms with Gasteiger partial charge in [0.1, 0.15) is 10.6 Å². The van der Waals surface area contributed by atoms with Crippen LogP contribution >= 0.6 is 0 Å². The van der Waals surface area contributed by atoms with Crippen LogP contribution in [-0.4, -0.2) is 59.4 Å². The number of sulfonamides is 1. The standard InChI is InChI=1S/C23H28N4O4S/c1-15-7-6-8-20(13-15)27-16(2)14-21(18(27)4)23(28)25-9-11-26(12-10-25)32(29,30)22-17(3)24-31-19(22)5/h6-8,13-14H,9-12H2,1-5H3. The summed E-state index contributed by atoms with van der Waals surface area (Å²) in [5.74, 6) is 0.205. The lowest BCUT2D eigenvalue weighted by Crippen LogP contribution is -2.50. The molecular formula is C23H28N4O4S. The Morgan fingerprint density at radius 2 is 1.69 bits per heavy atom. The molecule has 1 aliphatic rings. The van der Waals surface area contributed by atoms with E-state index in [1.54, 1.807) is 18.7 Å². The van der Waals surface area contributed by atoms with E-state index in [0.29, 0.717) is 24.3 Å². The first kappa shape index (κ1) is 22.3. The van der Waals surface area contributed by atoms with Crippen LogP contribution in [-0.2, 0) is 10.0 Å². The largest absolute Gasteiger partial charge is 0.360 e. The zero-order valence-electron chi connectivity index (χ0n) is 19.0. The average molecular weight is 457 g/mol. The normalized spacial score (nSPS) is 15.3. The minimum Gasteiger partial charge on any atom is -0.360 e. The molecule has 0 bridgehead atoms. The Bertz CT molecular complexity index is 1260. The summed E-state index contributed by atoms with van der Waals surface area (Å²) in [6.07, 6.45) is 0. The van der Waals surface area contributed by atoms with Crippen molar-refractivity contribution in [1.82, 2.24) is 18.9 Å². The van der Waals surface area contributed by atoms with Crippen molar-refractivity contribution in [3.8, 4) is 5.69 Å². The minimum atomic E-state index is -3.71. The predicted octanol–water partition coefficient (Wildman–Crippen LogP) is 3.15. The summed E-state index contributed by atoms with van der Waals surface area (Å²) >= 11 is 0. The van der Waals surface area contributed by atoms with Gasteiger partial charge in [-0.1, -0.05) is 17.3 Å². The molecule has 0 radical (unpaired) electrons. The maximum absolute atomic E-state index is 13.3. The van der Waals surface area contributed by atoms with Crippen molar-refractivity contribution in [3.63, 3.8) is 0 Å². The van der Waals surface area contributed by atoms with E-state index in [0.717, 1.165) is 22.6 Å². The number of carbonyl (C=O) groups excluding carboxylic acids is 1. The molecule has 9 heteroatoms. The Morgan fingerprint density at radius 3 is 2.28 bits per heavy atom. The Kier molecular flexibility index (Phi) is 5.72. The van der Waals surface area contributed by atoms with Crippen LogP contribution in [0.5, 0.6) is 0 Å². The second-order valence-corrected chi connectivity index (χ2v) is 10.2. The molecule has 2 aromatic heterocycles. The van der Waals surface area contributed by atoms with Gasteiger partial charge in [-0.05, 0) is 58.4 Å². The zero-order chi connectivity index (χ0) is 23.2. The van der Waals surface area contributed by atoms with Gasteiger partial charge in [0, 0.05) is 43.3 Å². The van der Waals surface area contributed by atoms with Crippen molar-refractivity contribution in [1.29, 1.82) is 0 Å². The van der Waals surface area contributed by atoms with Crippen LogP contribution in [0.15, 0.2) is 39.8 Å². The van der Waals surface area contributed by atoms with Gasteiger partial charge in [-0.25, -0.2) is 8.42 Å². The maximum atomic E-state index is 13.3. The molecule has 3 heterocycles. The van der Waals surface area contributed by atoms with Gasteiger partial charge < -0.3 is 14.0 Å². The number of hydrogen-bond acceptors (Lipinski definition) is 5. The smallest absolute Gasteiger partial charge is 0.255 e. The van der Waals surface area contributed by atoms with Crippen molar-refractivity contribution >= 4 is 15.9 Å². The molecule has 0 spiro atoms. The highest BCUT2D eigenvalue weighted by Gasteiger charge is 2.35. The molecule has 0 saturated carbocycles. The quantitative estimate of drug-likeness (QED) is 0.602. The Hall–Kier alpha value is -2.91. The third-order valence-electron chi connectivity index (χ3n) is 6.01. The molecule has 1 saturated heterocycles. The molecule has 0 N–H and O–H groups in total. The number of rotatable bonds is 4. The van der Waals surface area contributed by atoms with E-state index in [2.05, 4.69) is 15.8 Å². The fraction of sp³-hybridized carbons (Fsp3) is 0.391. The third kappa shape index (κ3) is 3.75. The number of carbonyl (C=O) groups is 1. The van der Waals surface area contributed by atoms with E-state index in [1.165, 1.54) is 4.31 Å². The molecule has 0 atom stereocenters. The lowest BCUT2D eigenvalue weighted by molar-refractivity contribution is 0.0697. The SMILES string of the molecule is Cc1cccc(-n2c(C)cc(C(=O)N3CCN(S(=O)(=O)c4c(C)noc4C)CC3)c2C)c1. The van der Waals surface area contributed by atoms with E-state index in [9.17, 15) is 13.2 Å².